The monoisotopic (exact) mass is 554 g/mol. The molecule has 4 rings (SSSR count). The van der Waals surface area contributed by atoms with E-state index in [1.807, 2.05) is 0 Å². The van der Waals surface area contributed by atoms with Gasteiger partial charge in [0.05, 0.1) is 21.7 Å². The molecule has 35 heavy (non-hydrogen) atoms. The lowest BCUT2D eigenvalue weighted by atomic mass is 9.90. The van der Waals surface area contributed by atoms with Crippen LogP contribution >= 0.6 is 35.0 Å². The summed E-state index contributed by atoms with van der Waals surface area (Å²) >= 11 is 14.1. The molecule has 188 valence electrons. The van der Waals surface area contributed by atoms with Gasteiger partial charge in [0.2, 0.25) is 0 Å². The maximum atomic E-state index is 14.1. The average molecular weight is 556 g/mol. The highest BCUT2D eigenvalue weighted by Crippen LogP contribution is 2.39. The summed E-state index contributed by atoms with van der Waals surface area (Å²) in [4.78, 5) is 5.08. The smallest absolute Gasteiger partial charge is 0.141 e. The summed E-state index contributed by atoms with van der Waals surface area (Å²) < 4.78 is 36.4. The van der Waals surface area contributed by atoms with Gasteiger partial charge in [-0.1, -0.05) is 55.0 Å². The quantitative estimate of drug-likeness (QED) is 0.206. The molecule has 0 aliphatic carbocycles. The zero-order valence-electron chi connectivity index (χ0n) is 20.2. The summed E-state index contributed by atoms with van der Waals surface area (Å²) in [6.45, 7) is 8.05. The van der Waals surface area contributed by atoms with Gasteiger partial charge in [0, 0.05) is 14.7 Å². The first kappa shape index (κ1) is 26.7. The van der Waals surface area contributed by atoms with Crippen molar-refractivity contribution in [1.82, 2.24) is 9.55 Å². The lowest BCUT2D eigenvalue weighted by Crippen LogP contribution is -2.23. The summed E-state index contributed by atoms with van der Waals surface area (Å²) in [6, 6.07) is 10.4. The Labute approximate surface area is 221 Å². The highest BCUT2D eigenvalue weighted by Gasteiger charge is 2.29. The molecule has 1 aromatic heterocycles. The molecule has 2 aromatic carbocycles. The van der Waals surface area contributed by atoms with Crippen LogP contribution in [-0.4, -0.2) is 30.0 Å². The number of thioether (sulfide) groups is 1. The predicted octanol–water partition coefficient (Wildman–Crippen LogP) is 8.39. The molecule has 0 radical (unpaired) electrons. The second-order valence-electron chi connectivity index (χ2n) is 10.1. The van der Waals surface area contributed by atoms with E-state index in [4.69, 9.17) is 32.9 Å². The Kier molecular flexibility index (Phi) is 8.64. The van der Waals surface area contributed by atoms with E-state index in [0.29, 0.717) is 13.3 Å². The summed E-state index contributed by atoms with van der Waals surface area (Å²) in [6.07, 6.45) is 3.13. The van der Waals surface area contributed by atoms with Crippen molar-refractivity contribution in [2.75, 3.05) is 12.4 Å². The second kappa shape index (κ2) is 11.3. The molecule has 0 amide bonds. The third kappa shape index (κ3) is 6.49. The molecule has 1 aliphatic heterocycles. The molecule has 0 spiro atoms. The Balaban J connectivity index is 1.82. The molecule has 2 heterocycles. The first-order valence-corrected chi connectivity index (χ1v) is 17.3. The van der Waals surface area contributed by atoms with Gasteiger partial charge in [-0.15, -0.1) is 11.8 Å². The van der Waals surface area contributed by atoms with Gasteiger partial charge in [0.25, 0.3) is 0 Å². The minimum Gasteiger partial charge on any atom is -0.361 e. The van der Waals surface area contributed by atoms with Crippen LogP contribution in [0.5, 0.6) is 0 Å². The van der Waals surface area contributed by atoms with Crippen molar-refractivity contribution < 1.29 is 13.5 Å². The standard InChI is InChI=1S/C26H30Cl2F2N2OSSi/c1-35(2,3)13-11-33-16-32-23-6-4-5-12-34-26(23)31-25(32)24(17-7-9-21(29)19(27)14-17)18-8-10-22(30)20(28)15-18/h7-10,14-15,24H,4-6,11-13,16H2,1-3H3. The third-order valence-corrected chi connectivity index (χ3v) is 9.52. The van der Waals surface area contributed by atoms with Crippen LogP contribution in [0, 0.1) is 11.6 Å². The molecule has 3 nitrogen and oxygen atoms in total. The molecule has 0 unspecified atom stereocenters. The molecular weight excluding hydrogens is 525 g/mol. The fraction of sp³-hybridized carbons (Fsp3) is 0.423. The predicted molar refractivity (Wildman–Crippen MR) is 144 cm³/mol. The topological polar surface area (TPSA) is 27.1 Å². The largest absolute Gasteiger partial charge is 0.361 e. The van der Waals surface area contributed by atoms with Crippen LogP contribution < -0.4 is 0 Å². The third-order valence-electron chi connectivity index (χ3n) is 6.14. The fourth-order valence-electron chi connectivity index (χ4n) is 4.18. The SMILES string of the molecule is C[Si](C)(C)CCOCn1c(C(c2ccc(F)c(Cl)c2)c2ccc(F)c(Cl)c2)nc2c1CCCCS2. The van der Waals surface area contributed by atoms with Crippen molar-refractivity contribution >= 4 is 43.0 Å². The molecule has 9 heteroatoms. The molecule has 0 bridgehead atoms. The van der Waals surface area contributed by atoms with Gasteiger partial charge in [0.1, 0.15) is 29.2 Å². The molecule has 0 atom stereocenters. The van der Waals surface area contributed by atoms with Gasteiger partial charge in [-0.3, -0.25) is 0 Å². The highest BCUT2D eigenvalue weighted by atomic mass is 35.5. The van der Waals surface area contributed by atoms with Crippen LogP contribution in [0.1, 0.15) is 41.4 Å². The van der Waals surface area contributed by atoms with Crippen molar-refractivity contribution in [1.29, 1.82) is 0 Å². The summed E-state index contributed by atoms with van der Waals surface area (Å²) in [5, 5.41) is 1.06. The molecule has 3 aromatic rings. The molecule has 0 N–H and O–H groups in total. The van der Waals surface area contributed by atoms with Gasteiger partial charge >= 0.3 is 0 Å². The van der Waals surface area contributed by atoms with E-state index >= 15 is 0 Å². The van der Waals surface area contributed by atoms with E-state index in [2.05, 4.69) is 24.2 Å². The van der Waals surface area contributed by atoms with Gasteiger partial charge in [0.15, 0.2) is 0 Å². The number of nitrogens with zero attached hydrogens (tertiary/aromatic N) is 2. The Bertz CT molecular complexity index is 1150. The summed E-state index contributed by atoms with van der Waals surface area (Å²) in [5.41, 5.74) is 2.67. The van der Waals surface area contributed by atoms with Crippen molar-refractivity contribution in [3.63, 3.8) is 0 Å². The van der Waals surface area contributed by atoms with E-state index in [9.17, 15) is 8.78 Å². The van der Waals surface area contributed by atoms with Crippen LogP contribution in [0.2, 0.25) is 35.7 Å². The van der Waals surface area contributed by atoms with E-state index in [0.717, 1.165) is 58.7 Å². The molecule has 1 aliphatic rings. The van der Waals surface area contributed by atoms with Crippen molar-refractivity contribution in [2.45, 2.75) is 62.6 Å². The van der Waals surface area contributed by atoms with E-state index < -0.39 is 25.6 Å². The number of benzene rings is 2. The van der Waals surface area contributed by atoms with Crippen LogP contribution in [0.3, 0.4) is 0 Å². The van der Waals surface area contributed by atoms with Crippen molar-refractivity contribution in [3.05, 3.63) is 80.7 Å². The zero-order chi connectivity index (χ0) is 25.2. The number of hydrogen-bond acceptors (Lipinski definition) is 3. The van der Waals surface area contributed by atoms with E-state index in [-0.39, 0.29) is 10.0 Å². The number of hydrogen-bond donors (Lipinski definition) is 0. The summed E-state index contributed by atoms with van der Waals surface area (Å²) in [5.74, 6) is 0.378. The molecule has 0 saturated heterocycles. The Morgan fingerprint density at radius 3 is 2.23 bits per heavy atom. The van der Waals surface area contributed by atoms with Crippen LogP contribution in [0.15, 0.2) is 41.4 Å². The van der Waals surface area contributed by atoms with Gasteiger partial charge in [-0.05, 0) is 66.5 Å². The van der Waals surface area contributed by atoms with Gasteiger partial charge in [-0.2, -0.15) is 0 Å². The number of halogens is 4. The number of aromatic nitrogens is 2. The fourth-order valence-corrected chi connectivity index (χ4v) is 6.39. The normalized spacial score (nSPS) is 14.3. The minimum absolute atomic E-state index is 0.0288. The molecular formula is C26H30Cl2F2N2OSSi. The number of imidazole rings is 1. The Morgan fingerprint density at radius 2 is 1.66 bits per heavy atom. The van der Waals surface area contributed by atoms with Gasteiger partial charge < -0.3 is 9.30 Å². The summed E-state index contributed by atoms with van der Waals surface area (Å²) in [7, 11) is -1.23. The van der Waals surface area contributed by atoms with Crippen LogP contribution in [-0.2, 0) is 17.9 Å². The van der Waals surface area contributed by atoms with Crippen LogP contribution in [0.4, 0.5) is 8.78 Å². The number of fused-ring (bicyclic) bond motifs is 1. The van der Waals surface area contributed by atoms with Crippen LogP contribution in [0.25, 0.3) is 0 Å². The Hall–Kier alpha value is -1.38. The van der Waals surface area contributed by atoms with E-state index in [1.54, 1.807) is 36.0 Å². The lowest BCUT2D eigenvalue weighted by Gasteiger charge is -2.22. The lowest BCUT2D eigenvalue weighted by molar-refractivity contribution is 0.0828. The Morgan fingerprint density at radius 1 is 1.03 bits per heavy atom. The van der Waals surface area contributed by atoms with E-state index in [1.165, 1.54) is 12.1 Å². The maximum absolute atomic E-state index is 14.1. The van der Waals surface area contributed by atoms with Crippen molar-refractivity contribution in [3.8, 4) is 0 Å². The number of rotatable bonds is 8. The first-order chi connectivity index (χ1) is 16.6. The maximum Gasteiger partial charge on any atom is 0.141 e. The van der Waals surface area contributed by atoms with Crippen molar-refractivity contribution in [2.24, 2.45) is 0 Å². The minimum atomic E-state index is -1.23. The molecule has 0 fully saturated rings. The first-order valence-electron chi connectivity index (χ1n) is 11.8. The highest BCUT2D eigenvalue weighted by molar-refractivity contribution is 7.99. The average Bonchev–Trinajstić information content (AvgIpc) is 2.96. The zero-order valence-corrected chi connectivity index (χ0v) is 23.5. The second-order valence-corrected chi connectivity index (χ2v) is 17.6. The molecule has 0 saturated carbocycles. The van der Waals surface area contributed by atoms with Gasteiger partial charge in [-0.25, -0.2) is 13.8 Å². The number of ether oxygens (including phenoxy) is 1.